The molecule has 1 amide bonds. The van der Waals surface area contributed by atoms with Crippen LogP contribution in [0.2, 0.25) is 0 Å². The molecule has 1 aliphatic rings. The minimum atomic E-state index is -4.22. The van der Waals surface area contributed by atoms with Crippen molar-refractivity contribution in [3.05, 3.63) is 30.1 Å². The third kappa shape index (κ3) is 4.68. The number of likely N-dealkylation sites (tertiary alicyclic amines) is 1. The van der Waals surface area contributed by atoms with Gasteiger partial charge in [-0.25, -0.2) is 0 Å². The summed E-state index contributed by atoms with van der Waals surface area (Å²) in [6, 6.07) is 4.26. The molecule has 0 radical (unpaired) electrons. The fourth-order valence-corrected chi connectivity index (χ4v) is 2.21. The Bertz CT molecular complexity index is 481. The lowest BCUT2D eigenvalue weighted by atomic mass is 10.2. The van der Waals surface area contributed by atoms with Gasteiger partial charge in [0.1, 0.15) is 5.69 Å². The van der Waals surface area contributed by atoms with E-state index < -0.39 is 30.7 Å². The van der Waals surface area contributed by atoms with Crippen LogP contribution in [-0.2, 0) is 0 Å². The van der Waals surface area contributed by atoms with Crippen molar-refractivity contribution < 1.29 is 23.1 Å². The van der Waals surface area contributed by atoms with Crippen LogP contribution < -0.4 is 5.32 Å². The number of hydrogen-bond donors (Lipinski definition) is 2. The van der Waals surface area contributed by atoms with Gasteiger partial charge in [-0.05, 0) is 12.1 Å². The van der Waals surface area contributed by atoms with Crippen LogP contribution in [0.4, 0.5) is 13.2 Å². The number of nitrogens with one attached hydrogen (secondary N) is 1. The van der Waals surface area contributed by atoms with Gasteiger partial charge in [0.2, 0.25) is 0 Å². The molecule has 5 nitrogen and oxygen atoms in total. The summed E-state index contributed by atoms with van der Waals surface area (Å²) in [6.07, 6.45) is -4.57. The maximum absolute atomic E-state index is 12.2. The second kappa shape index (κ2) is 6.40. The third-order valence-electron chi connectivity index (χ3n) is 3.29. The van der Waals surface area contributed by atoms with E-state index in [4.69, 9.17) is 0 Å². The summed E-state index contributed by atoms with van der Waals surface area (Å²) in [5.41, 5.74) is 0.207. The Morgan fingerprint density at radius 1 is 1.43 bits per heavy atom. The number of rotatable bonds is 4. The number of nitrogens with zero attached hydrogens (tertiary/aromatic N) is 2. The van der Waals surface area contributed by atoms with E-state index in [0.29, 0.717) is 0 Å². The van der Waals surface area contributed by atoms with Crippen molar-refractivity contribution in [1.82, 2.24) is 15.2 Å². The number of pyridine rings is 1. The predicted octanol–water partition coefficient (Wildman–Crippen LogP) is 0.809. The minimum absolute atomic E-state index is 0.114. The van der Waals surface area contributed by atoms with Crippen LogP contribution in [0.5, 0.6) is 0 Å². The predicted molar refractivity (Wildman–Crippen MR) is 68.6 cm³/mol. The van der Waals surface area contributed by atoms with Gasteiger partial charge in [0, 0.05) is 25.8 Å². The number of aliphatic hydroxyl groups excluding tert-OH is 1. The molecule has 8 heteroatoms. The lowest BCUT2D eigenvalue weighted by Crippen LogP contribution is -2.43. The van der Waals surface area contributed by atoms with E-state index >= 15 is 0 Å². The Morgan fingerprint density at radius 2 is 2.19 bits per heavy atom. The summed E-state index contributed by atoms with van der Waals surface area (Å²) in [4.78, 5) is 17.3. The minimum Gasteiger partial charge on any atom is -0.390 e. The van der Waals surface area contributed by atoms with Crippen molar-refractivity contribution in [3.63, 3.8) is 0 Å². The van der Waals surface area contributed by atoms with Crippen LogP contribution in [0.1, 0.15) is 16.9 Å². The van der Waals surface area contributed by atoms with Gasteiger partial charge in [-0.1, -0.05) is 6.07 Å². The van der Waals surface area contributed by atoms with Gasteiger partial charge in [0.25, 0.3) is 5.91 Å². The van der Waals surface area contributed by atoms with Gasteiger partial charge in [-0.15, -0.1) is 0 Å². The molecule has 2 N–H and O–H groups in total. The maximum atomic E-state index is 12.2. The molecule has 116 valence electrons. The Labute approximate surface area is 119 Å². The van der Waals surface area contributed by atoms with E-state index in [0.717, 1.165) is 0 Å². The van der Waals surface area contributed by atoms with E-state index in [1.807, 2.05) is 0 Å². The molecular weight excluding hydrogens is 287 g/mol. The van der Waals surface area contributed by atoms with Crippen molar-refractivity contribution in [1.29, 1.82) is 0 Å². The molecule has 0 saturated carbocycles. The first-order valence-electron chi connectivity index (χ1n) is 6.54. The number of hydrogen-bond acceptors (Lipinski definition) is 4. The molecule has 21 heavy (non-hydrogen) atoms. The standard InChI is InChI=1S/C13H16F3N3O2/c14-13(15,16)4-6-19-7-10(11(20)8-19)18-12(21)9-3-1-2-5-17-9/h1-3,5,10-11,20H,4,6-8H2,(H,18,21)/t10-,11-/m1/s1. The lowest BCUT2D eigenvalue weighted by Gasteiger charge is -2.17. The number of aliphatic hydroxyl groups is 1. The monoisotopic (exact) mass is 303 g/mol. The molecule has 0 spiro atoms. The molecule has 2 rings (SSSR count). The fourth-order valence-electron chi connectivity index (χ4n) is 2.21. The van der Waals surface area contributed by atoms with Crippen molar-refractivity contribution in [3.8, 4) is 0 Å². The van der Waals surface area contributed by atoms with E-state index in [1.165, 1.54) is 17.2 Å². The Balaban J connectivity index is 1.86. The first-order chi connectivity index (χ1) is 9.85. The Kier molecular flexibility index (Phi) is 4.79. The smallest absolute Gasteiger partial charge is 0.390 e. The second-order valence-corrected chi connectivity index (χ2v) is 4.99. The highest BCUT2D eigenvalue weighted by Gasteiger charge is 2.35. The Hall–Kier alpha value is -1.67. The number of carbonyl (C=O) groups excluding carboxylic acids is 1. The summed E-state index contributed by atoms with van der Waals surface area (Å²) >= 11 is 0. The van der Waals surface area contributed by atoms with E-state index in [1.54, 1.807) is 12.1 Å². The molecule has 2 atom stereocenters. The molecule has 2 heterocycles. The third-order valence-corrected chi connectivity index (χ3v) is 3.29. The zero-order chi connectivity index (χ0) is 15.5. The number of halogens is 3. The van der Waals surface area contributed by atoms with Crippen LogP contribution in [0, 0.1) is 0 Å². The molecule has 0 aromatic carbocycles. The fraction of sp³-hybridized carbons (Fsp3) is 0.538. The summed E-state index contributed by atoms with van der Waals surface area (Å²) < 4.78 is 36.5. The van der Waals surface area contributed by atoms with Gasteiger partial charge in [-0.2, -0.15) is 13.2 Å². The number of amides is 1. The van der Waals surface area contributed by atoms with Gasteiger partial charge in [0.15, 0.2) is 0 Å². The van der Waals surface area contributed by atoms with Gasteiger partial charge in [0.05, 0.1) is 18.6 Å². The molecule has 1 fully saturated rings. The molecule has 0 aliphatic carbocycles. The van der Waals surface area contributed by atoms with E-state index in [9.17, 15) is 23.1 Å². The number of alkyl halides is 3. The maximum Gasteiger partial charge on any atom is 0.390 e. The van der Waals surface area contributed by atoms with Crippen LogP contribution in [0.25, 0.3) is 0 Å². The zero-order valence-electron chi connectivity index (χ0n) is 11.2. The SMILES string of the molecule is O=C(N[C@@H]1CN(CCC(F)(F)F)C[C@H]1O)c1ccccn1. The van der Waals surface area contributed by atoms with Crippen LogP contribution in [0.15, 0.2) is 24.4 Å². The normalized spacial score (nSPS) is 23.2. The second-order valence-electron chi connectivity index (χ2n) is 4.99. The van der Waals surface area contributed by atoms with Crippen molar-refractivity contribution >= 4 is 5.91 Å². The zero-order valence-corrected chi connectivity index (χ0v) is 11.2. The highest BCUT2D eigenvalue weighted by molar-refractivity contribution is 5.92. The van der Waals surface area contributed by atoms with Crippen LogP contribution in [-0.4, -0.2) is 58.9 Å². The van der Waals surface area contributed by atoms with Crippen molar-refractivity contribution in [2.75, 3.05) is 19.6 Å². The molecule has 1 aromatic heterocycles. The molecule has 0 bridgehead atoms. The van der Waals surface area contributed by atoms with Crippen molar-refractivity contribution in [2.24, 2.45) is 0 Å². The summed E-state index contributed by atoms with van der Waals surface area (Å²) in [5, 5.41) is 12.4. The summed E-state index contributed by atoms with van der Waals surface area (Å²) in [6.45, 7) is 0.121. The molecular formula is C13H16F3N3O2. The van der Waals surface area contributed by atoms with E-state index in [2.05, 4.69) is 10.3 Å². The van der Waals surface area contributed by atoms with Gasteiger partial charge in [-0.3, -0.25) is 14.7 Å². The highest BCUT2D eigenvalue weighted by Crippen LogP contribution is 2.21. The van der Waals surface area contributed by atoms with Crippen LogP contribution in [0.3, 0.4) is 0 Å². The first kappa shape index (κ1) is 15.7. The molecule has 1 aromatic rings. The molecule has 0 unspecified atom stereocenters. The summed E-state index contributed by atoms with van der Waals surface area (Å²) in [5.74, 6) is -0.447. The molecule has 1 aliphatic heterocycles. The molecule has 1 saturated heterocycles. The number of β-amino-alcohol motifs (C(OH)–C–C–N with tert-alkyl or cyclic N) is 1. The largest absolute Gasteiger partial charge is 0.390 e. The topological polar surface area (TPSA) is 65.5 Å². The average molecular weight is 303 g/mol. The first-order valence-corrected chi connectivity index (χ1v) is 6.54. The number of aromatic nitrogens is 1. The van der Waals surface area contributed by atoms with Crippen LogP contribution >= 0.6 is 0 Å². The van der Waals surface area contributed by atoms with E-state index in [-0.39, 0.29) is 25.3 Å². The number of carbonyl (C=O) groups is 1. The van der Waals surface area contributed by atoms with Gasteiger partial charge < -0.3 is 10.4 Å². The van der Waals surface area contributed by atoms with Gasteiger partial charge >= 0.3 is 6.18 Å². The quantitative estimate of drug-likeness (QED) is 0.864. The summed E-state index contributed by atoms with van der Waals surface area (Å²) in [7, 11) is 0. The highest BCUT2D eigenvalue weighted by atomic mass is 19.4. The average Bonchev–Trinajstić information content (AvgIpc) is 2.77. The van der Waals surface area contributed by atoms with Crippen molar-refractivity contribution in [2.45, 2.75) is 24.7 Å². The lowest BCUT2D eigenvalue weighted by molar-refractivity contribution is -0.137. The Morgan fingerprint density at radius 3 is 2.81 bits per heavy atom.